The molecule has 3 N–H and O–H groups in total. The number of hydrogen-bond donors (Lipinski definition) is 2. The van der Waals surface area contributed by atoms with E-state index in [0.29, 0.717) is 6.54 Å². The molecule has 0 saturated heterocycles. The van der Waals surface area contributed by atoms with Gasteiger partial charge in [0.05, 0.1) is 5.92 Å². The lowest BCUT2D eigenvalue weighted by molar-refractivity contribution is -0.125. The average Bonchev–Trinajstić information content (AvgIpc) is 2.81. The minimum atomic E-state index is -0.0553. The first kappa shape index (κ1) is 16.8. The SMILES string of the molecule is CSC1(CNC(=O)C(CN)CC(C)(C)C)CCCC1. The van der Waals surface area contributed by atoms with Crippen molar-refractivity contribution in [3.8, 4) is 0 Å². The first-order chi connectivity index (χ1) is 8.82. The van der Waals surface area contributed by atoms with Crippen molar-refractivity contribution in [1.82, 2.24) is 5.32 Å². The van der Waals surface area contributed by atoms with Gasteiger partial charge in [0.15, 0.2) is 0 Å². The summed E-state index contributed by atoms with van der Waals surface area (Å²) in [5.41, 5.74) is 5.91. The summed E-state index contributed by atoms with van der Waals surface area (Å²) < 4.78 is 0.274. The second kappa shape index (κ2) is 6.98. The maximum absolute atomic E-state index is 12.3. The Morgan fingerprint density at radius 3 is 2.37 bits per heavy atom. The molecule has 1 aliphatic rings. The number of carbonyl (C=O) groups excluding carboxylic acids is 1. The molecule has 0 radical (unpaired) electrons. The molecule has 1 fully saturated rings. The van der Waals surface area contributed by atoms with Crippen LogP contribution in [0.25, 0.3) is 0 Å². The van der Waals surface area contributed by atoms with E-state index in [1.54, 1.807) is 0 Å². The van der Waals surface area contributed by atoms with Gasteiger partial charge in [-0.15, -0.1) is 0 Å². The molecule has 0 heterocycles. The zero-order chi connectivity index (χ0) is 14.5. The van der Waals surface area contributed by atoms with Crippen LogP contribution in [0.4, 0.5) is 0 Å². The number of nitrogens with two attached hydrogens (primary N) is 1. The van der Waals surface area contributed by atoms with E-state index in [2.05, 4.69) is 32.3 Å². The van der Waals surface area contributed by atoms with Gasteiger partial charge in [0.1, 0.15) is 0 Å². The summed E-state index contributed by atoms with van der Waals surface area (Å²) >= 11 is 1.91. The third-order valence-corrected chi connectivity index (χ3v) is 5.47. The Hall–Kier alpha value is -0.220. The second-order valence-corrected chi connectivity index (χ2v) is 8.28. The van der Waals surface area contributed by atoms with Crippen molar-refractivity contribution >= 4 is 17.7 Å². The zero-order valence-electron chi connectivity index (χ0n) is 12.9. The molecule has 0 spiro atoms. The van der Waals surface area contributed by atoms with Gasteiger partial charge in [0, 0.05) is 17.8 Å². The summed E-state index contributed by atoms with van der Waals surface area (Å²) in [6, 6.07) is 0. The lowest BCUT2D eigenvalue weighted by Gasteiger charge is -2.29. The molecule has 1 unspecified atom stereocenters. The third kappa shape index (κ3) is 5.35. The van der Waals surface area contributed by atoms with Gasteiger partial charge >= 0.3 is 0 Å². The fraction of sp³-hybridized carbons (Fsp3) is 0.933. The Bertz CT molecular complexity index is 293. The fourth-order valence-corrected chi connectivity index (χ4v) is 3.80. The fourth-order valence-electron chi connectivity index (χ4n) is 2.89. The van der Waals surface area contributed by atoms with E-state index >= 15 is 0 Å². The predicted octanol–water partition coefficient (Wildman–Crippen LogP) is 2.79. The molecular formula is C15H30N2OS. The van der Waals surface area contributed by atoms with Crippen molar-refractivity contribution in [2.45, 2.75) is 57.6 Å². The number of amides is 1. The van der Waals surface area contributed by atoms with Gasteiger partial charge in [0.2, 0.25) is 5.91 Å². The van der Waals surface area contributed by atoms with Crippen LogP contribution >= 0.6 is 11.8 Å². The van der Waals surface area contributed by atoms with Crippen LogP contribution in [0.3, 0.4) is 0 Å². The molecule has 3 nitrogen and oxygen atoms in total. The van der Waals surface area contributed by atoms with E-state index in [4.69, 9.17) is 5.73 Å². The second-order valence-electron chi connectivity index (χ2n) is 7.01. The van der Waals surface area contributed by atoms with Crippen LogP contribution in [0.1, 0.15) is 52.9 Å². The highest BCUT2D eigenvalue weighted by atomic mass is 32.2. The Balaban J connectivity index is 2.48. The van der Waals surface area contributed by atoms with Crippen molar-refractivity contribution in [3.63, 3.8) is 0 Å². The summed E-state index contributed by atoms with van der Waals surface area (Å²) in [7, 11) is 0. The van der Waals surface area contributed by atoms with Gasteiger partial charge in [-0.1, -0.05) is 33.6 Å². The van der Waals surface area contributed by atoms with Crippen LogP contribution < -0.4 is 11.1 Å². The average molecular weight is 286 g/mol. The lowest BCUT2D eigenvalue weighted by atomic mass is 9.84. The third-order valence-electron chi connectivity index (χ3n) is 4.05. The van der Waals surface area contributed by atoms with Gasteiger partial charge in [-0.3, -0.25) is 4.79 Å². The normalized spacial score (nSPS) is 20.3. The van der Waals surface area contributed by atoms with Crippen LogP contribution in [0.5, 0.6) is 0 Å². The summed E-state index contributed by atoms with van der Waals surface area (Å²) in [4.78, 5) is 12.3. The molecule has 1 amide bonds. The molecule has 0 aromatic carbocycles. The van der Waals surface area contributed by atoms with Gasteiger partial charge in [0.25, 0.3) is 0 Å². The first-order valence-corrected chi connectivity index (χ1v) is 8.57. The highest BCUT2D eigenvalue weighted by Crippen LogP contribution is 2.39. The van der Waals surface area contributed by atoms with E-state index < -0.39 is 0 Å². The molecule has 1 rings (SSSR count). The first-order valence-electron chi connectivity index (χ1n) is 7.35. The topological polar surface area (TPSA) is 55.1 Å². The highest BCUT2D eigenvalue weighted by Gasteiger charge is 2.34. The quantitative estimate of drug-likeness (QED) is 0.789. The van der Waals surface area contributed by atoms with Crippen molar-refractivity contribution < 1.29 is 4.79 Å². The predicted molar refractivity (Wildman–Crippen MR) is 84.3 cm³/mol. The largest absolute Gasteiger partial charge is 0.354 e. The molecule has 1 atom stereocenters. The molecule has 1 aliphatic carbocycles. The van der Waals surface area contributed by atoms with E-state index in [1.807, 2.05) is 11.8 Å². The Morgan fingerprint density at radius 2 is 1.95 bits per heavy atom. The molecule has 0 aliphatic heterocycles. The number of carbonyl (C=O) groups is 1. The van der Waals surface area contributed by atoms with Crippen LogP contribution in [-0.2, 0) is 4.79 Å². The zero-order valence-corrected chi connectivity index (χ0v) is 13.7. The molecule has 112 valence electrons. The van der Waals surface area contributed by atoms with E-state index in [0.717, 1.165) is 13.0 Å². The highest BCUT2D eigenvalue weighted by molar-refractivity contribution is 8.00. The summed E-state index contributed by atoms with van der Waals surface area (Å²) in [6.07, 6.45) is 8.04. The van der Waals surface area contributed by atoms with Crippen LogP contribution in [-0.4, -0.2) is 30.0 Å². The summed E-state index contributed by atoms with van der Waals surface area (Å²) in [5.74, 6) is 0.0815. The molecule has 4 heteroatoms. The molecular weight excluding hydrogens is 256 g/mol. The molecule has 19 heavy (non-hydrogen) atoms. The van der Waals surface area contributed by atoms with E-state index in [1.165, 1.54) is 25.7 Å². The summed E-state index contributed by atoms with van der Waals surface area (Å²) in [6.45, 7) is 7.71. The van der Waals surface area contributed by atoms with Crippen LogP contribution in [0, 0.1) is 11.3 Å². The van der Waals surface area contributed by atoms with Gasteiger partial charge in [-0.05, 0) is 30.9 Å². The Morgan fingerprint density at radius 1 is 1.37 bits per heavy atom. The van der Waals surface area contributed by atoms with Crippen molar-refractivity contribution in [2.24, 2.45) is 17.1 Å². The maximum atomic E-state index is 12.3. The van der Waals surface area contributed by atoms with Crippen molar-refractivity contribution in [2.75, 3.05) is 19.3 Å². The minimum absolute atomic E-state index is 0.0553. The number of hydrogen-bond acceptors (Lipinski definition) is 3. The monoisotopic (exact) mass is 286 g/mol. The van der Waals surface area contributed by atoms with Crippen molar-refractivity contribution in [1.29, 1.82) is 0 Å². The Kier molecular flexibility index (Phi) is 6.18. The lowest BCUT2D eigenvalue weighted by Crippen LogP contribution is -2.43. The standard InChI is InChI=1S/C15H30N2OS/c1-14(2,3)9-12(10-16)13(18)17-11-15(19-4)7-5-6-8-15/h12H,5-11,16H2,1-4H3,(H,17,18). The maximum Gasteiger partial charge on any atom is 0.224 e. The number of rotatable bonds is 6. The van der Waals surface area contributed by atoms with E-state index in [9.17, 15) is 4.79 Å². The molecule has 0 aromatic heterocycles. The Labute approximate surface area is 122 Å². The van der Waals surface area contributed by atoms with Crippen molar-refractivity contribution in [3.05, 3.63) is 0 Å². The van der Waals surface area contributed by atoms with Crippen LogP contribution in [0.15, 0.2) is 0 Å². The molecule has 0 bridgehead atoms. The van der Waals surface area contributed by atoms with Gasteiger partial charge in [-0.25, -0.2) is 0 Å². The van der Waals surface area contributed by atoms with Gasteiger partial charge in [-0.2, -0.15) is 11.8 Å². The summed E-state index contributed by atoms with van der Waals surface area (Å²) in [5, 5.41) is 3.15. The van der Waals surface area contributed by atoms with E-state index in [-0.39, 0.29) is 22.0 Å². The number of thioether (sulfide) groups is 1. The van der Waals surface area contributed by atoms with Gasteiger partial charge < -0.3 is 11.1 Å². The molecule has 1 saturated carbocycles. The smallest absolute Gasteiger partial charge is 0.224 e. The molecule has 0 aromatic rings. The van der Waals surface area contributed by atoms with Crippen LogP contribution in [0.2, 0.25) is 0 Å². The number of nitrogens with one attached hydrogen (secondary N) is 1. The minimum Gasteiger partial charge on any atom is -0.354 e.